The largest absolute Gasteiger partial charge is 0.469 e. The van der Waals surface area contributed by atoms with Crippen LogP contribution in [0, 0.1) is 17.8 Å². The second-order valence-electron chi connectivity index (χ2n) is 16.6. The second kappa shape index (κ2) is 33.9. The predicted octanol–water partition coefficient (Wildman–Crippen LogP) is 10.4. The highest BCUT2D eigenvalue weighted by Crippen LogP contribution is 2.36. The molecular weight excluding hydrogens is 747 g/mol. The number of rotatable bonds is 37. The molecule has 0 saturated heterocycles. The Bertz CT molecular complexity index is 1150. The van der Waals surface area contributed by atoms with Gasteiger partial charge in [-0.25, -0.2) is 4.57 Å². The fourth-order valence-corrected chi connectivity index (χ4v) is 7.67. The van der Waals surface area contributed by atoms with Crippen molar-refractivity contribution in [2.45, 2.75) is 212 Å². The summed E-state index contributed by atoms with van der Waals surface area (Å²) in [5.41, 5.74) is 0. The van der Waals surface area contributed by atoms with E-state index in [0.717, 1.165) is 44.4 Å². The van der Waals surface area contributed by atoms with Gasteiger partial charge in [-0.15, -0.1) is 0 Å². The molecule has 0 aliphatic heterocycles. The minimum Gasteiger partial charge on any atom is -0.462 e. The number of hydrogen-bond acceptors (Lipinski definition) is 9. The lowest BCUT2D eigenvalue weighted by Gasteiger charge is -2.18. The number of esters is 2. The van der Waals surface area contributed by atoms with Gasteiger partial charge in [-0.2, -0.15) is 0 Å². The van der Waals surface area contributed by atoms with Gasteiger partial charge in [-0.05, 0) is 38.0 Å². The average molecular weight is 829 g/mol. The first-order chi connectivity index (χ1) is 27.3. The molecule has 0 aromatic rings. The lowest BCUT2D eigenvalue weighted by molar-refractivity contribution is -0.161. The number of aliphatic hydroxyl groups is 2. The van der Waals surface area contributed by atoms with Crippen LogP contribution in [0.15, 0.2) is 24.3 Å². The highest BCUT2D eigenvalue weighted by Gasteiger charge is 2.39. The van der Waals surface area contributed by atoms with Crippen molar-refractivity contribution in [3.05, 3.63) is 24.3 Å². The van der Waals surface area contributed by atoms with Crippen molar-refractivity contribution in [3.8, 4) is 0 Å². The van der Waals surface area contributed by atoms with Crippen molar-refractivity contribution < 1.29 is 52.9 Å². The molecule has 4 N–H and O–H groups in total. The molecule has 0 heterocycles. The monoisotopic (exact) mass is 829 g/mol. The number of unbranched alkanes of at least 4 members (excludes halogenated alkanes) is 18. The van der Waals surface area contributed by atoms with Crippen LogP contribution in [-0.2, 0) is 32.9 Å². The SMILES string of the molecule is CCCCC[C@H](O)/C=C/[C@H]1[C@H](O)CC(=O)[C@@H]1C/C=C\CCCC(=O)O[C@H](COC(=O)CCCCCCCCCCCCCCCCCCC(C)C)COP(=O)(O)O. The smallest absolute Gasteiger partial charge is 0.462 e. The van der Waals surface area contributed by atoms with Crippen LogP contribution in [0.4, 0.5) is 0 Å². The number of ether oxygens (including phenoxy) is 2. The van der Waals surface area contributed by atoms with E-state index in [9.17, 15) is 29.2 Å². The number of Topliss-reactive ketones (excluding diaryl/α,β-unsaturated/α-hetero) is 1. The van der Waals surface area contributed by atoms with Gasteiger partial charge in [0, 0.05) is 31.1 Å². The lowest BCUT2D eigenvalue weighted by atomic mass is 9.90. The second-order valence-corrected chi connectivity index (χ2v) is 17.9. The summed E-state index contributed by atoms with van der Waals surface area (Å²) in [7, 11) is -4.83. The van der Waals surface area contributed by atoms with Crippen LogP contribution in [0.5, 0.6) is 0 Å². The van der Waals surface area contributed by atoms with Gasteiger partial charge in [0.05, 0.1) is 18.8 Å². The van der Waals surface area contributed by atoms with Crippen LogP contribution in [0.1, 0.15) is 194 Å². The third-order valence-corrected chi connectivity index (χ3v) is 11.3. The predicted molar refractivity (Wildman–Crippen MR) is 226 cm³/mol. The minimum atomic E-state index is -4.83. The molecule has 0 spiro atoms. The van der Waals surface area contributed by atoms with E-state index in [1.54, 1.807) is 12.2 Å². The molecule has 12 heteroatoms. The van der Waals surface area contributed by atoms with Crippen molar-refractivity contribution in [1.29, 1.82) is 0 Å². The van der Waals surface area contributed by atoms with E-state index in [1.165, 1.54) is 83.5 Å². The Kier molecular flexibility index (Phi) is 31.6. The highest BCUT2D eigenvalue weighted by molar-refractivity contribution is 7.46. The zero-order chi connectivity index (χ0) is 42.2. The summed E-state index contributed by atoms with van der Waals surface area (Å²) in [6.07, 6.45) is 31.2. The molecule has 0 radical (unpaired) electrons. The lowest BCUT2D eigenvalue weighted by Crippen LogP contribution is -2.29. The van der Waals surface area contributed by atoms with E-state index in [4.69, 9.17) is 19.3 Å². The average Bonchev–Trinajstić information content (AvgIpc) is 3.42. The molecular formula is C45H81O11P. The molecule has 5 atom stereocenters. The first-order valence-corrected chi connectivity index (χ1v) is 24.1. The molecule has 0 unspecified atom stereocenters. The Hall–Kier alpha value is -1.88. The third kappa shape index (κ3) is 30.8. The van der Waals surface area contributed by atoms with Gasteiger partial charge in [-0.3, -0.25) is 18.9 Å². The Labute approximate surface area is 345 Å². The number of ketones is 1. The molecule has 1 aliphatic carbocycles. The van der Waals surface area contributed by atoms with E-state index in [2.05, 4.69) is 25.3 Å². The number of carbonyl (C=O) groups is 3. The van der Waals surface area contributed by atoms with Crippen molar-refractivity contribution in [1.82, 2.24) is 0 Å². The quantitative estimate of drug-likeness (QED) is 0.0203. The molecule has 1 rings (SSSR count). The number of phosphoric ester groups is 1. The number of allylic oxidation sites excluding steroid dienone is 2. The molecule has 332 valence electrons. The van der Waals surface area contributed by atoms with E-state index in [-0.39, 0.29) is 43.5 Å². The summed E-state index contributed by atoms with van der Waals surface area (Å²) in [4.78, 5) is 55.6. The summed E-state index contributed by atoms with van der Waals surface area (Å²) in [5.74, 6) is -0.990. The van der Waals surface area contributed by atoms with Gasteiger partial charge < -0.3 is 29.5 Å². The molecule has 1 fully saturated rings. The standard InChI is InChI=1S/C45H81O11P/c1-4-5-22-28-38(46)32-33-41-40(42(47)34-43(41)48)29-24-20-21-26-31-45(50)56-39(36-55-57(51,52)53)35-54-44(49)30-25-19-17-15-13-11-9-7-6-8-10-12-14-16-18-23-27-37(2)3/h20,24,32-33,37-41,43,46,48H,4-19,21-23,25-31,34-36H2,1-3H3,(H2,51,52,53)/b24-20-,33-32+/t38-,39+,40+,41+,43+/m0/s1. The normalized spacial score (nSPS) is 18.6. The van der Waals surface area contributed by atoms with Crippen LogP contribution < -0.4 is 0 Å². The summed E-state index contributed by atoms with van der Waals surface area (Å²) in [6, 6.07) is 0. The van der Waals surface area contributed by atoms with Crippen LogP contribution >= 0.6 is 7.82 Å². The molecule has 0 aromatic carbocycles. The van der Waals surface area contributed by atoms with Crippen molar-refractivity contribution >= 4 is 25.5 Å². The topological polar surface area (TPSA) is 177 Å². The van der Waals surface area contributed by atoms with Crippen molar-refractivity contribution in [2.24, 2.45) is 17.8 Å². The van der Waals surface area contributed by atoms with Gasteiger partial charge in [-0.1, -0.05) is 167 Å². The Balaban J connectivity index is 2.23. The first kappa shape index (κ1) is 53.1. The molecule has 0 amide bonds. The summed E-state index contributed by atoms with van der Waals surface area (Å²) >= 11 is 0. The first-order valence-electron chi connectivity index (χ1n) is 22.6. The molecule has 57 heavy (non-hydrogen) atoms. The van der Waals surface area contributed by atoms with Crippen LogP contribution in [0.2, 0.25) is 0 Å². The summed E-state index contributed by atoms with van der Waals surface area (Å²) in [5, 5.41) is 20.6. The zero-order valence-electron chi connectivity index (χ0n) is 35.9. The van der Waals surface area contributed by atoms with E-state index in [1.807, 2.05) is 12.2 Å². The molecule has 1 saturated carbocycles. The van der Waals surface area contributed by atoms with Gasteiger partial charge in [0.1, 0.15) is 12.4 Å². The number of hydrogen-bond donors (Lipinski definition) is 4. The van der Waals surface area contributed by atoms with Crippen molar-refractivity contribution in [2.75, 3.05) is 13.2 Å². The van der Waals surface area contributed by atoms with Gasteiger partial charge in [0.25, 0.3) is 0 Å². The summed E-state index contributed by atoms with van der Waals surface area (Å²) in [6.45, 7) is 5.72. The molecule has 0 aromatic heterocycles. The van der Waals surface area contributed by atoms with Gasteiger partial charge in [0.2, 0.25) is 0 Å². The molecule has 11 nitrogen and oxygen atoms in total. The van der Waals surface area contributed by atoms with Gasteiger partial charge in [0.15, 0.2) is 6.10 Å². The highest BCUT2D eigenvalue weighted by atomic mass is 31.2. The maximum Gasteiger partial charge on any atom is 0.469 e. The van der Waals surface area contributed by atoms with Crippen LogP contribution in [-0.4, -0.2) is 69.2 Å². The number of phosphoric acid groups is 1. The van der Waals surface area contributed by atoms with Crippen LogP contribution in [0.25, 0.3) is 0 Å². The van der Waals surface area contributed by atoms with E-state index >= 15 is 0 Å². The third-order valence-electron chi connectivity index (χ3n) is 10.8. The van der Waals surface area contributed by atoms with E-state index < -0.39 is 44.7 Å². The van der Waals surface area contributed by atoms with Crippen LogP contribution in [0.3, 0.4) is 0 Å². The van der Waals surface area contributed by atoms with Gasteiger partial charge >= 0.3 is 19.8 Å². The fraction of sp³-hybridized carbons (Fsp3) is 0.844. The number of carbonyl (C=O) groups excluding carboxylic acids is 3. The summed E-state index contributed by atoms with van der Waals surface area (Å²) < 4.78 is 26.4. The minimum absolute atomic E-state index is 0.0135. The Morgan fingerprint density at radius 3 is 1.86 bits per heavy atom. The Morgan fingerprint density at radius 1 is 0.754 bits per heavy atom. The van der Waals surface area contributed by atoms with E-state index in [0.29, 0.717) is 32.1 Å². The Morgan fingerprint density at radius 2 is 1.30 bits per heavy atom. The number of aliphatic hydroxyl groups excluding tert-OH is 2. The van der Waals surface area contributed by atoms with Crippen molar-refractivity contribution in [3.63, 3.8) is 0 Å². The maximum absolute atomic E-state index is 12.5. The molecule has 0 bridgehead atoms. The zero-order valence-corrected chi connectivity index (χ0v) is 36.8. The fourth-order valence-electron chi connectivity index (χ4n) is 7.30. The molecule has 1 aliphatic rings. The maximum atomic E-state index is 12.5.